The molecule has 7 heteroatoms. The van der Waals surface area contributed by atoms with Crippen LogP contribution in [0, 0.1) is 5.82 Å². The van der Waals surface area contributed by atoms with Gasteiger partial charge < -0.3 is 14.5 Å². The summed E-state index contributed by atoms with van der Waals surface area (Å²) in [7, 11) is 1.38. The zero-order valence-corrected chi connectivity index (χ0v) is 15.2. The number of methoxy groups -OCH3 is 1. The van der Waals surface area contributed by atoms with Crippen molar-refractivity contribution in [2.75, 3.05) is 33.3 Å². The third kappa shape index (κ3) is 4.61. The van der Waals surface area contributed by atoms with Crippen molar-refractivity contribution < 1.29 is 18.7 Å². The smallest absolute Gasteiger partial charge is 0.254 e. The van der Waals surface area contributed by atoms with Gasteiger partial charge in [-0.25, -0.2) is 4.39 Å². The number of aromatic nitrogens is 1. The van der Waals surface area contributed by atoms with E-state index in [4.69, 9.17) is 4.74 Å². The van der Waals surface area contributed by atoms with Gasteiger partial charge in [0.1, 0.15) is 0 Å². The standard InChI is InChI=1S/C20H22FN3O3/c1-27-18-4-3-16(14-17(18)21)20(26)24-10-2-9-23(11-12-24)19(25)13-15-5-7-22-8-6-15/h3-8,14H,2,9-13H2,1H3. The first-order valence-corrected chi connectivity index (χ1v) is 8.88. The third-order valence-electron chi connectivity index (χ3n) is 4.64. The highest BCUT2D eigenvalue weighted by atomic mass is 19.1. The van der Waals surface area contributed by atoms with Crippen LogP contribution in [0.5, 0.6) is 5.75 Å². The Morgan fingerprint density at radius 2 is 1.78 bits per heavy atom. The van der Waals surface area contributed by atoms with Crippen LogP contribution in [0.3, 0.4) is 0 Å². The lowest BCUT2D eigenvalue weighted by Crippen LogP contribution is -2.38. The molecule has 0 saturated carbocycles. The summed E-state index contributed by atoms with van der Waals surface area (Å²) in [6.07, 6.45) is 4.34. The molecule has 1 aromatic carbocycles. The normalized spacial score (nSPS) is 14.6. The molecule has 1 aliphatic rings. The fourth-order valence-electron chi connectivity index (χ4n) is 3.14. The van der Waals surface area contributed by atoms with E-state index in [1.807, 2.05) is 12.1 Å². The van der Waals surface area contributed by atoms with Crippen LogP contribution in [0.1, 0.15) is 22.3 Å². The van der Waals surface area contributed by atoms with Crippen LogP contribution in [0.2, 0.25) is 0 Å². The van der Waals surface area contributed by atoms with E-state index in [0.717, 1.165) is 5.56 Å². The number of rotatable bonds is 4. The molecule has 0 radical (unpaired) electrons. The van der Waals surface area contributed by atoms with Gasteiger partial charge in [-0.1, -0.05) is 0 Å². The van der Waals surface area contributed by atoms with Crippen molar-refractivity contribution in [1.82, 2.24) is 14.8 Å². The molecule has 1 aromatic heterocycles. The van der Waals surface area contributed by atoms with Gasteiger partial charge in [0.2, 0.25) is 5.91 Å². The summed E-state index contributed by atoms with van der Waals surface area (Å²) in [6.45, 7) is 2.03. The van der Waals surface area contributed by atoms with E-state index in [0.29, 0.717) is 39.0 Å². The number of hydrogen-bond acceptors (Lipinski definition) is 4. The lowest BCUT2D eigenvalue weighted by atomic mass is 10.1. The van der Waals surface area contributed by atoms with Crippen LogP contribution < -0.4 is 4.74 Å². The Morgan fingerprint density at radius 3 is 2.48 bits per heavy atom. The summed E-state index contributed by atoms with van der Waals surface area (Å²) >= 11 is 0. The molecule has 2 aromatic rings. The highest BCUT2D eigenvalue weighted by Crippen LogP contribution is 2.19. The van der Waals surface area contributed by atoms with Gasteiger partial charge in [-0.2, -0.15) is 0 Å². The molecule has 0 atom stereocenters. The number of pyridine rings is 1. The average Bonchev–Trinajstić information content (AvgIpc) is 2.94. The van der Waals surface area contributed by atoms with Gasteiger partial charge in [-0.05, 0) is 42.3 Å². The number of halogens is 1. The van der Waals surface area contributed by atoms with Gasteiger partial charge in [0.15, 0.2) is 11.6 Å². The summed E-state index contributed by atoms with van der Waals surface area (Å²) in [4.78, 5) is 32.6. The molecule has 2 amide bonds. The largest absolute Gasteiger partial charge is 0.494 e. The first kappa shape index (κ1) is 18.8. The maximum absolute atomic E-state index is 13.9. The molecule has 142 valence electrons. The molecule has 0 unspecified atom stereocenters. The van der Waals surface area contributed by atoms with Crippen molar-refractivity contribution >= 4 is 11.8 Å². The second-order valence-corrected chi connectivity index (χ2v) is 6.41. The SMILES string of the molecule is COc1ccc(C(=O)N2CCCN(C(=O)Cc3ccncc3)CC2)cc1F. The molecular formula is C20H22FN3O3. The minimum absolute atomic E-state index is 0.0333. The molecule has 0 bridgehead atoms. The molecule has 0 N–H and O–H groups in total. The highest BCUT2D eigenvalue weighted by molar-refractivity contribution is 5.94. The minimum atomic E-state index is -0.563. The van der Waals surface area contributed by atoms with Gasteiger partial charge >= 0.3 is 0 Å². The Labute approximate surface area is 157 Å². The van der Waals surface area contributed by atoms with E-state index in [9.17, 15) is 14.0 Å². The Balaban J connectivity index is 1.61. The summed E-state index contributed by atoms with van der Waals surface area (Å²) in [5.41, 5.74) is 1.20. The van der Waals surface area contributed by atoms with E-state index >= 15 is 0 Å². The Bertz CT molecular complexity index is 813. The minimum Gasteiger partial charge on any atom is -0.494 e. The van der Waals surface area contributed by atoms with Crippen LogP contribution in [-0.2, 0) is 11.2 Å². The molecule has 2 heterocycles. The molecule has 1 aliphatic heterocycles. The predicted molar refractivity (Wildman–Crippen MR) is 98.0 cm³/mol. The second kappa shape index (κ2) is 8.62. The number of carbonyl (C=O) groups excluding carboxylic acids is 2. The average molecular weight is 371 g/mol. The number of hydrogen-bond donors (Lipinski definition) is 0. The first-order valence-electron chi connectivity index (χ1n) is 8.88. The van der Waals surface area contributed by atoms with Gasteiger partial charge in [0.25, 0.3) is 5.91 Å². The predicted octanol–water partition coefficient (Wildman–Crippen LogP) is 2.15. The van der Waals surface area contributed by atoms with Crippen LogP contribution in [0.25, 0.3) is 0 Å². The molecule has 27 heavy (non-hydrogen) atoms. The molecular weight excluding hydrogens is 349 g/mol. The van der Waals surface area contributed by atoms with Gasteiger partial charge in [0.05, 0.1) is 13.5 Å². The monoisotopic (exact) mass is 371 g/mol. The number of benzene rings is 1. The first-order chi connectivity index (χ1) is 13.1. The van der Waals surface area contributed by atoms with E-state index in [1.54, 1.807) is 28.3 Å². The van der Waals surface area contributed by atoms with Gasteiger partial charge in [-0.15, -0.1) is 0 Å². The number of carbonyl (C=O) groups is 2. The maximum atomic E-state index is 13.9. The fourth-order valence-corrected chi connectivity index (χ4v) is 3.14. The Kier molecular flexibility index (Phi) is 6.01. The topological polar surface area (TPSA) is 62.7 Å². The number of amides is 2. The van der Waals surface area contributed by atoms with Crippen LogP contribution in [0.4, 0.5) is 4.39 Å². The zero-order chi connectivity index (χ0) is 19.2. The lowest BCUT2D eigenvalue weighted by Gasteiger charge is -2.22. The summed E-state index contributed by atoms with van der Waals surface area (Å²) in [5, 5.41) is 0. The fraction of sp³-hybridized carbons (Fsp3) is 0.350. The molecule has 3 rings (SSSR count). The summed E-state index contributed by atoms with van der Waals surface area (Å²) in [6, 6.07) is 7.85. The van der Waals surface area contributed by atoms with Crippen LogP contribution in [-0.4, -0.2) is 59.9 Å². The molecule has 1 saturated heterocycles. The van der Waals surface area contributed by atoms with E-state index < -0.39 is 5.82 Å². The molecule has 1 fully saturated rings. The van der Waals surface area contributed by atoms with Crippen molar-refractivity contribution in [2.45, 2.75) is 12.8 Å². The van der Waals surface area contributed by atoms with Crippen molar-refractivity contribution in [2.24, 2.45) is 0 Å². The molecule has 0 aliphatic carbocycles. The van der Waals surface area contributed by atoms with Crippen LogP contribution in [0.15, 0.2) is 42.7 Å². The third-order valence-corrected chi connectivity index (χ3v) is 4.64. The Morgan fingerprint density at radius 1 is 1.07 bits per heavy atom. The van der Waals surface area contributed by atoms with E-state index in [1.165, 1.54) is 19.2 Å². The molecule has 0 spiro atoms. The van der Waals surface area contributed by atoms with Gasteiger partial charge in [0, 0.05) is 44.1 Å². The number of ether oxygens (including phenoxy) is 1. The van der Waals surface area contributed by atoms with Crippen molar-refractivity contribution in [3.05, 3.63) is 59.7 Å². The maximum Gasteiger partial charge on any atom is 0.254 e. The van der Waals surface area contributed by atoms with Gasteiger partial charge in [-0.3, -0.25) is 14.6 Å². The zero-order valence-electron chi connectivity index (χ0n) is 15.2. The highest BCUT2D eigenvalue weighted by Gasteiger charge is 2.23. The van der Waals surface area contributed by atoms with Crippen molar-refractivity contribution in [3.8, 4) is 5.75 Å². The lowest BCUT2D eigenvalue weighted by molar-refractivity contribution is -0.130. The van der Waals surface area contributed by atoms with E-state index in [-0.39, 0.29) is 23.1 Å². The summed E-state index contributed by atoms with van der Waals surface area (Å²) < 4.78 is 18.8. The summed E-state index contributed by atoms with van der Waals surface area (Å²) in [5.74, 6) is -0.659. The molecule has 6 nitrogen and oxygen atoms in total. The number of nitrogens with zero attached hydrogens (tertiary/aromatic N) is 3. The quantitative estimate of drug-likeness (QED) is 0.826. The second-order valence-electron chi connectivity index (χ2n) is 6.41. The van der Waals surface area contributed by atoms with Crippen molar-refractivity contribution in [3.63, 3.8) is 0 Å². The van der Waals surface area contributed by atoms with Crippen molar-refractivity contribution in [1.29, 1.82) is 0 Å². The van der Waals surface area contributed by atoms with E-state index in [2.05, 4.69) is 4.98 Å². The van der Waals surface area contributed by atoms with Crippen LogP contribution >= 0.6 is 0 Å². The Hall–Kier alpha value is -2.96.